The first-order chi connectivity index (χ1) is 14.4. The Hall–Kier alpha value is -2.89. The minimum absolute atomic E-state index is 0.0457. The highest BCUT2D eigenvalue weighted by molar-refractivity contribution is 8.14. The molecule has 0 radical (unpaired) electrons. The van der Waals surface area contributed by atoms with E-state index in [1.165, 1.54) is 7.11 Å². The molecule has 30 heavy (non-hydrogen) atoms. The fraction of sp³-hybridized carbons (Fsp3) is 0.348. The van der Waals surface area contributed by atoms with E-state index in [-0.39, 0.29) is 17.6 Å². The van der Waals surface area contributed by atoms with Crippen LogP contribution in [0.4, 0.5) is 0 Å². The van der Waals surface area contributed by atoms with Gasteiger partial charge in [0.25, 0.3) is 0 Å². The minimum Gasteiger partial charge on any atom is -0.489 e. The normalized spacial score (nSPS) is 17.6. The molecular formula is C23H27N3O3S. The second-order valence-electron chi connectivity index (χ2n) is 6.71. The van der Waals surface area contributed by atoms with Crippen molar-refractivity contribution in [3.63, 3.8) is 0 Å². The van der Waals surface area contributed by atoms with Gasteiger partial charge in [0, 0.05) is 47.5 Å². The first-order valence-electron chi connectivity index (χ1n) is 9.49. The summed E-state index contributed by atoms with van der Waals surface area (Å²) in [6.45, 7) is 9.37. The third-order valence-corrected chi connectivity index (χ3v) is 5.93. The Kier molecular flexibility index (Phi) is 8.84. The van der Waals surface area contributed by atoms with Gasteiger partial charge in [0.05, 0.1) is 25.3 Å². The summed E-state index contributed by atoms with van der Waals surface area (Å²) < 4.78 is 10.4. The molecule has 1 aromatic heterocycles. The monoisotopic (exact) mass is 425 g/mol. The molecule has 0 saturated carbocycles. The number of carbonyl (C=O) groups is 1. The minimum atomic E-state index is -0.252. The summed E-state index contributed by atoms with van der Waals surface area (Å²) >= 11 is 1.57. The summed E-state index contributed by atoms with van der Waals surface area (Å²) in [7, 11) is 3.07. The number of nitrogens with zero attached hydrogens (tertiary/aromatic N) is 3. The zero-order chi connectivity index (χ0) is 22.1. The van der Waals surface area contributed by atoms with E-state index in [0.717, 1.165) is 21.9 Å². The summed E-state index contributed by atoms with van der Waals surface area (Å²) in [5.41, 5.74) is 5.14. The van der Waals surface area contributed by atoms with Gasteiger partial charge in [-0.15, -0.1) is 11.8 Å². The van der Waals surface area contributed by atoms with Gasteiger partial charge in [0.15, 0.2) is 11.5 Å². The van der Waals surface area contributed by atoms with Crippen LogP contribution >= 0.6 is 11.8 Å². The highest BCUT2D eigenvalue weighted by Gasteiger charge is 2.29. The van der Waals surface area contributed by atoms with Crippen molar-refractivity contribution in [2.75, 3.05) is 20.0 Å². The lowest BCUT2D eigenvalue weighted by Gasteiger charge is -2.15. The molecule has 0 fully saturated rings. The van der Waals surface area contributed by atoms with Crippen molar-refractivity contribution in [3.8, 4) is 0 Å². The van der Waals surface area contributed by atoms with Crippen LogP contribution in [0.25, 0.3) is 0 Å². The van der Waals surface area contributed by atoms with Gasteiger partial charge in [-0.2, -0.15) is 0 Å². The molecular weight excluding hydrogens is 398 g/mol. The number of aliphatic imine (C=N–C) groups is 2. The van der Waals surface area contributed by atoms with Gasteiger partial charge in [-0.05, 0) is 18.6 Å². The largest absolute Gasteiger partial charge is 0.489 e. The molecule has 0 N–H and O–H groups in total. The van der Waals surface area contributed by atoms with Crippen LogP contribution in [0.15, 0.2) is 76.3 Å². The molecule has 0 bridgehead atoms. The van der Waals surface area contributed by atoms with Crippen LogP contribution in [-0.2, 0) is 14.3 Å². The number of Topliss-reactive ketones (excluding diaryl/α,β-unsaturated/α-hetero) is 1. The Labute approximate surface area is 182 Å². The lowest BCUT2D eigenvalue weighted by Crippen LogP contribution is -2.19. The zero-order valence-corrected chi connectivity index (χ0v) is 18.8. The molecule has 0 aliphatic carbocycles. The molecule has 2 atom stereocenters. The molecule has 1 aromatic rings. The van der Waals surface area contributed by atoms with Crippen molar-refractivity contribution in [1.29, 1.82) is 0 Å². The van der Waals surface area contributed by atoms with Crippen molar-refractivity contribution < 1.29 is 14.3 Å². The number of hydrogen-bond donors (Lipinski definition) is 0. The third-order valence-electron chi connectivity index (χ3n) is 4.62. The van der Waals surface area contributed by atoms with E-state index in [2.05, 4.69) is 27.3 Å². The molecule has 0 aromatic carbocycles. The maximum absolute atomic E-state index is 12.9. The highest BCUT2D eigenvalue weighted by Crippen LogP contribution is 2.31. The summed E-state index contributed by atoms with van der Waals surface area (Å²) in [5.74, 6) is 1.25. The fourth-order valence-corrected chi connectivity index (χ4v) is 3.72. The first-order valence-corrected chi connectivity index (χ1v) is 10.5. The van der Waals surface area contributed by atoms with Crippen molar-refractivity contribution in [3.05, 3.63) is 71.9 Å². The predicted octanol–water partition coefficient (Wildman–Crippen LogP) is 4.68. The van der Waals surface area contributed by atoms with Crippen LogP contribution in [0.2, 0.25) is 0 Å². The van der Waals surface area contributed by atoms with E-state index < -0.39 is 0 Å². The first kappa shape index (κ1) is 23.4. The molecule has 2 heterocycles. The molecule has 0 amide bonds. The van der Waals surface area contributed by atoms with Crippen LogP contribution in [0, 0.1) is 5.92 Å². The summed E-state index contributed by atoms with van der Waals surface area (Å²) in [6.07, 6.45) is 6.74. The lowest BCUT2D eigenvalue weighted by atomic mass is 9.89. The van der Waals surface area contributed by atoms with E-state index in [1.54, 1.807) is 43.5 Å². The number of methoxy groups -OCH3 is 2. The Morgan fingerprint density at radius 2 is 2.20 bits per heavy atom. The van der Waals surface area contributed by atoms with E-state index in [0.29, 0.717) is 17.4 Å². The van der Waals surface area contributed by atoms with Crippen molar-refractivity contribution in [1.82, 2.24) is 4.98 Å². The van der Waals surface area contributed by atoms with Gasteiger partial charge in [-0.1, -0.05) is 32.2 Å². The summed E-state index contributed by atoms with van der Waals surface area (Å²) in [5, 5.41) is 0.901. The van der Waals surface area contributed by atoms with Gasteiger partial charge in [-0.25, -0.2) is 4.99 Å². The molecule has 2 rings (SSSR count). The zero-order valence-electron chi connectivity index (χ0n) is 18.0. The molecule has 6 nitrogen and oxygen atoms in total. The third kappa shape index (κ3) is 6.05. The van der Waals surface area contributed by atoms with Crippen molar-refractivity contribution >= 4 is 28.3 Å². The number of ether oxygens (including phenoxy) is 2. The Balaban J connectivity index is 1.98. The number of carbonyl (C=O) groups excluding carboxylic acids is 1. The molecule has 1 aliphatic heterocycles. The predicted molar refractivity (Wildman–Crippen MR) is 123 cm³/mol. The molecule has 0 saturated heterocycles. The van der Waals surface area contributed by atoms with Crippen LogP contribution in [0.1, 0.15) is 32.3 Å². The molecule has 158 valence electrons. The lowest BCUT2D eigenvalue weighted by molar-refractivity contribution is -0.116. The topological polar surface area (TPSA) is 73.1 Å². The Morgan fingerprint density at radius 1 is 1.43 bits per heavy atom. The molecule has 7 heteroatoms. The van der Waals surface area contributed by atoms with Crippen LogP contribution in [0.5, 0.6) is 0 Å². The van der Waals surface area contributed by atoms with Gasteiger partial charge in [0.1, 0.15) is 0 Å². The number of rotatable bonds is 9. The standard InChI is InChI=1S/C23H27N3O3S/c1-7-19(28-5)11-21(29-6)26-15(2)14-30-23-17(4)20(13-25-23)22(27)16(3)18-9-8-10-24-12-18/h8-13,16-17H,1,14H2,2-6H3/b21-11+,26-15?. The summed E-state index contributed by atoms with van der Waals surface area (Å²) in [6, 6.07) is 3.76. The fourth-order valence-electron chi connectivity index (χ4n) is 2.79. The molecule has 2 unspecified atom stereocenters. The van der Waals surface area contributed by atoms with Crippen LogP contribution in [0.3, 0.4) is 0 Å². The number of allylic oxidation sites excluding steroid dienone is 2. The second-order valence-corrected chi connectivity index (χ2v) is 7.71. The maximum Gasteiger partial charge on any atom is 0.217 e. The smallest absolute Gasteiger partial charge is 0.217 e. The summed E-state index contributed by atoms with van der Waals surface area (Å²) in [4.78, 5) is 26.0. The van der Waals surface area contributed by atoms with Crippen LogP contribution < -0.4 is 0 Å². The number of thioether (sulfide) groups is 1. The number of hydrogen-bond acceptors (Lipinski definition) is 7. The van der Waals surface area contributed by atoms with Crippen molar-refractivity contribution in [2.45, 2.75) is 26.7 Å². The second kappa shape index (κ2) is 11.3. The Bertz CT molecular complexity index is 942. The van der Waals surface area contributed by atoms with Gasteiger partial charge >= 0.3 is 0 Å². The average Bonchev–Trinajstić information content (AvgIpc) is 3.14. The maximum atomic E-state index is 12.9. The van der Waals surface area contributed by atoms with Gasteiger partial charge in [-0.3, -0.25) is 14.8 Å². The number of aromatic nitrogens is 1. The quantitative estimate of drug-likeness (QED) is 0.248. The number of ketones is 1. The number of pyridine rings is 1. The van der Waals surface area contributed by atoms with Gasteiger partial charge in [0.2, 0.25) is 5.88 Å². The Morgan fingerprint density at radius 3 is 2.80 bits per heavy atom. The molecule has 1 aliphatic rings. The van der Waals surface area contributed by atoms with Crippen LogP contribution in [-0.4, -0.2) is 41.5 Å². The average molecular weight is 426 g/mol. The van der Waals surface area contributed by atoms with E-state index >= 15 is 0 Å². The SMILES string of the molecule is C=C=C(/C=C(\N=C(C)CSC1=NC=C(C(=O)C(C)c2cccnc2)C1C)OC)OC. The highest BCUT2D eigenvalue weighted by atomic mass is 32.2. The molecule has 0 spiro atoms. The van der Waals surface area contributed by atoms with E-state index in [4.69, 9.17) is 9.47 Å². The van der Waals surface area contributed by atoms with Crippen molar-refractivity contribution in [2.24, 2.45) is 15.9 Å². The van der Waals surface area contributed by atoms with E-state index in [9.17, 15) is 4.79 Å². The van der Waals surface area contributed by atoms with E-state index in [1.807, 2.05) is 32.9 Å². The van der Waals surface area contributed by atoms with Gasteiger partial charge < -0.3 is 9.47 Å².